The topological polar surface area (TPSA) is 55.0 Å². The van der Waals surface area contributed by atoms with Crippen molar-refractivity contribution in [2.75, 3.05) is 18.1 Å². The lowest BCUT2D eigenvalue weighted by Crippen LogP contribution is -2.06. The number of hydrogen-bond donors (Lipinski definition) is 1. The maximum atomic E-state index is 12.5. The summed E-state index contributed by atoms with van der Waals surface area (Å²) in [6, 6.07) is 17.1. The molecule has 136 valence electrons. The van der Waals surface area contributed by atoms with Gasteiger partial charge in [-0.2, -0.15) is 11.8 Å². The number of Topliss-reactive ketones (excluding diaryl/α,β-unsaturated/α-hetero) is 1. The van der Waals surface area contributed by atoms with Gasteiger partial charge in [0.15, 0.2) is 5.78 Å². The molecule has 0 amide bonds. The van der Waals surface area contributed by atoms with Crippen molar-refractivity contribution in [3.63, 3.8) is 0 Å². The number of ketones is 1. The van der Waals surface area contributed by atoms with Gasteiger partial charge in [0.1, 0.15) is 11.4 Å². The normalized spacial score (nSPS) is 11.1. The Morgan fingerprint density at radius 1 is 1.15 bits per heavy atom. The Bertz CT molecular complexity index is 1100. The maximum Gasteiger partial charge on any atom is 0.172 e. The monoisotopic (exact) mass is 396 g/mol. The van der Waals surface area contributed by atoms with Crippen molar-refractivity contribution in [1.82, 2.24) is 9.97 Å². The van der Waals surface area contributed by atoms with Gasteiger partial charge in [0, 0.05) is 33.8 Å². The number of H-pyrrole nitrogens is 1. The molecule has 0 saturated heterocycles. The van der Waals surface area contributed by atoms with Gasteiger partial charge in [0.25, 0.3) is 0 Å². The number of fused-ring (bicyclic) bond motifs is 3. The molecule has 0 aliphatic carbocycles. The molecule has 4 nitrogen and oxygen atoms in total. The van der Waals surface area contributed by atoms with Crippen LogP contribution in [-0.2, 0) is 0 Å². The van der Waals surface area contributed by atoms with Crippen molar-refractivity contribution >= 4 is 51.1 Å². The van der Waals surface area contributed by atoms with Gasteiger partial charge in [-0.15, -0.1) is 0 Å². The molecule has 0 bridgehead atoms. The molecule has 4 aromatic rings. The molecule has 0 aliphatic rings. The van der Waals surface area contributed by atoms with E-state index in [0.29, 0.717) is 22.9 Å². The van der Waals surface area contributed by atoms with Crippen LogP contribution < -0.4 is 4.74 Å². The van der Waals surface area contributed by atoms with Crippen LogP contribution in [0.4, 0.5) is 0 Å². The molecular weight excluding hydrogens is 380 g/mol. The number of ether oxygens (including phenoxy) is 1. The molecule has 6 heteroatoms. The van der Waals surface area contributed by atoms with E-state index in [4.69, 9.17) is 16.3 Å². The van der Waals surface area contributed by atoms with Crippen LogP contribution in [0.3, 0.4) is 0 Å². The zero-order valence-electron chi connectivity index (χ0n) is 14.4. The number of pyridine rings is 1. The highest BCUT2D eigenvalue weighted by Crippen LogP contribution is 2.30. The van der Waals surface area contributed by atoms with E-state index in [1.54, 1.807) is 24.0 Å². The number of para-hydroxylation sites is 1. The SMILES string of the molecule is O=C(CSCCOc1ccccc1)c1ccc2[nH]c3nccc(Cl)c3c2c1. The number of aromatic amines is 1. The summed E-state index contributed by atoms with van der Waals surface area (Å²) in [5.74, 6) is 2.11. The molecule has 0 fully saturated rings. The maximum absolute atomic E-state index is 12.5. The van der Waals surface area contributed by atoms with Crippen LogP contribution in [0.15, 0.2) is 60.8 Å². The molecule has 0 unspecified atom stereocenters. The minimum Gasteiger partial charge on any atom is -0.493 e. The Hall–Kier alpha value is -2.50. The van der Waals surface area contributed by atoms with Gasteiger partial charge in [-0.25, -0.2) is 4.98 Å². The Labute approximate surface area is 165 Å². The molecule has 0 saturated carbocycles. The van der Waals surface area contributed by atoms with Crippen LogP contribution >= 0.6 is 23.4 Å². The Balaban J connectivity index is 1.40. The first-order valence-corrected chi connectivity index (χ1v) is 10.1. The van der Waals surface area contributed by atoms with Crippen molar-refractivity contribution in [2.45, 2.75) is 0 Å². The molecule has 4 rings (SSSR count). The Morgan fingerprint density at radius 2 is 2.00 bits per heavy atom. The average Bonchev–Trinajstić information content (AvgIpc) is 3.07. The van der Waals surface area contributed by atoms with Gasteiger partial charge in [0.05, 0.1) is 17.4 Å². The molecule has 0 atom stereocenters. The van der Waals surface area contributed by atoms with Crippen LogP contribution in [0.5, 0.6) is 5.75 Å². The summed E-state index contributed by atoms with van der Waals surface area (Å²) in [4.78, 5) is 20.1. The summed E-state index contributed by atoms with van der Waals surface area (Å²) in [6.07, 6.45) is 1.67. The fourth-order valence-corrected chi connectivity index (χ4v) is 3.88. The number of carbonyl (C=O) groups is 1. The number of nitrogens with zero attached hydrogens (tertiary/aromatic N) is 1. The summed E-state index contributed by atoms with van der Waals surface area (Å²) in [7, 11) is 0. The van der Waals surface area contributed by atoms with E-state index in [1.807, 2.05) is 48.5 Å². The zero-order chi connectivity index (χ0) is 18.6. The van der Waals surface area contributed by atoms with Gasteiger partial charge < -0.3 is 9.72 Å². The number of hydrogen-bond acceptors (Lipinski definition) is 4. The highest BCUT2D eigenvalue weighted by atomic mass is 35.5. The summed E-state index contributed by atoms with van der Waals surface area (Å²) in [5, 5.41) is 2.40. The van der Waals surface area contributed by atoms with E-state index in [2.05, 4.69) is 9.97 Å². The van der Waals surface area contributed by atoms with Gasteiger partial charge in [-0.1, -0.05) is 29.8 Å². The predicted molar refractivity (Wildman–Crippen MR) is 112 cm³/mol. The third kappa shape index (κ3) is 3.94. The molecule has 2 aromatic heterocycles. The molecule has 27 heavy (non-hydrogen) atoms. The van der Waals surface area contributed by atoms with Crippen molar-refractivity contribution in [2.24, 2.45) is 0 Å². The Morgan fingerprint density at radius 3 is 2.85 bits per heavy atom. The standard InChI is InChI=1S/C21H17ClN2O2S/c22-17-8-9-23-21-20(17)16-12-14(6-7-18(16)24-21)19(25)13-27-11-10-26-15-4-2-1-3-5-15/h1-9,12H,10-11,13H2,(H,23,24). The number of carbonyl (C=O) groups excluding carboxylic acids is 1. The van der Waals surface area contributed by atoms with E-state index in [9.17, 15) is 4.79 Å². The molecule has 2 heterocycles. The quantitative estimate of drug-likeness (QED) is 0.337. The second-order valence-electron chi connectivity index (χ2n) is 6.04. The summed E-state index contributed by atoms with van der Waals surface area (Å²) in [6.45, 7) is 0.574. The summed E-state index contributed by atoms with van der Waals surface area (Å²) < 4.78 is 5.64. The lowest BCUT2D eigenvalue weighted by atomic mass is 10.1. The lowest BCUT2D eigenvalue weighted by Gasteiger charge is -2.06. The van der Waals surface area contributed by atoms with Gasteiger partial charge >= 0.3 is 0 Å². The first-order valence-electron chi connectivity index (χ1n) is 8.57. The molecule has 2 aromatic carbocycles. The Kier molecular flexibility index (Phi) is 5.32. The summed E-state index contributed by atoms with van der Waals surface area (Å²) in [5.41, 5.74) is 2.33. The van der Waals surface area contributed by atoms with E-state index in [-0.39, 0.29) is 5.78 Å². The molecule has 0 spiro atoms. The van der Waals surface area contributed by atoms with Crippen molar-refractivity contribution in [1.29, 1.82) is 0 Å². The van der Waals surface area contributed by atoms with Gasteiger partial charge in [-0.3, -0.25) is 4.79 Å². The largest absolute Gasteiger partial charge is 0.493 e. The molecule has 1 N–H and O–H groups in total. The van der Waals surface area contributed by atoms with E-state index >= 15 is 0 Å². The first kappa shape index (κ1) is 17.9. The number of thioether (sulfide) groups is 1. The zero-order valence-corrected chi connectivity index (χ0v) is 16.0. The summed E-state index contributed by atoms with van der Waals surface area (Å²) >= 11 is 7.88. The van der Waals surface area contributed by atoms with Gasteiger partial charge in [0.2, 0.25) is 0 Å². The third-order valence-corrected chi connectivity index (χ3v) is 5.47. The predicted octanol–water partition coefficient (Wildman–Crippen LogP) is 5.36. The molecule has 0 aliphatic heterocycles. The number of rotatable bonds is 7. The number of aromatic nitrogens is 2. The minimum absolute atomic E-state index is 0.0935. The van der Waals surface area contributed by atoms with Crippen LogP contribution in [0.2, 0.25) is 5.02 Å². The number of halogens is 1. The van der Waals surface area contributed by atoms with Crippen LogP contribution in [0, 0.1) is 0 Å². The fraction of sp³-hybridized carbons (Fsp3) is 0.143. The van der Waals surface area contributed by atoms with Crippen LogP contribution in [0.1, 0.15) is 10.4 Å². The van der Waals surface area contributed by atoms with E-state index < -0.39 is 0 Å². The van der Waals surface area contributed by atoms with Crippen molar-refractivity contribution in [3.05, 3.63) is 71.4 Å². The average molecular weight is 397 g/mol. The van der Waals surface area contributed by atoms with Crippen molar-refractivity contribution < 1.29 is 9.53 Å². The second-order valence-corrected chi connectivity index (χ2v) is 7.55. The van der Waals surface area contributed by atoms with Crippen molar-refractivity contribution in [3.8, 4) is 5.75 Å². The van der Waals surface area contributed by atoms with E-state index in [0.717, 1.165) is 33.4 Å². The lowest BCUT2D eigenvalue weighted by molar-refractivity contribution is 0.102. The minimum atomic E-state index is 0.0935. The van der Waals surface area contributed by atoms with Crippen LogP contribution in [0.25, 0.3) is 21.9 Å². The highest BCUT2D eigenvalue weighted by molar-refractivity contribution is 8.00. The van der Waals surface area contributed by atoms with Gasteiger partial charge in [-0.05, 0) is 36.4 Å². The molecular formula is C21H17ClN2O2S. The first-order chi connectivity index (χ1) is 13.2. The second kappa shape index (κ2) is 8.03. The highest BCUT2D eigenvalue weighted by Gasteiger charge is 2.12. The number of benzene rings is 2. The number of nitrogens with one attached hydrogen (secondary N) is 1. The fourth-order valence-electron chi connectivity index (χ4n) is 2.93. The third-order valence-electron chi connectivity index (χ3n) is 4.24. The smallest absolute Gasteiger partial charge is 0.172 e. The van der Waals surface area contributed by atoms with E-state index in [1.165, 1.54) is 0 Å². The molecule has 0 radical (unpaired) electrons. The van der Waals surface area contributed by atoms with Crippen LogP contribution in [-0.4, -0.2) is 33.9 Å².